The molecule has 166 valence electrons. The predicted octanol–water partition coefficient (Wildman–Crippen LogP) is 3.01. The Morgan fingerprint density at radius 3 is 2.66 bits per heavy atom. The molecule has 0 saturated carbocycles. The summed E-state index contributed by atoms with van der Waals surface area (Å²) < 4.78 is 6.90. The molecule has 2 heterocycles. The van der Waals surface area contributed by atoms with Crippen LogP contribution in [0.1, 0.15) is 21.7 Å². The van der Waals surface area contributed by atoms with E-state index in [-0.39, 0.29) is 11.3 Å². The number of nitro groups is 1. The van der Waals surface area contributed by atoms with Crippen molar-refractivity contribution in [1.82, 2.24) is 14.9 Å². The number of thioether (sulfide) groups is 1. The highest BCUT2D eigenvalue weighted by atomic mass is 32.2. The number of carbonyl (C=O) groups is 1. The quantitative estimate of drug-likeness (QED) is 0.329. The minimum absolute atomic E-state index is 0.147. The van der Waals surface area contributed by atoms with Gasteiger partial charge in [0.25, 0.3) is 11.6 Å². The number of ether oxygens (including phenoxy) is 1. The van der Waals surface area contributed by atoms with E-state index in [0.29, 0.717) is 48.7 Å². The molecule has 0 spiro atoms. The lowest BCUT2D eigenvalue weighted by Gasteiger charge is -2.30. The molecule has 0 bridgehead atoms. The predicted molar refractivity (Wildman–Crippen MR) is 121 cm³/mol. The average molecular weight is 455 g/mol. The van der Waals surface area contributed by atoms with E-state index in [4.69, 9.17) is 4.74 Å². The number of hydrogen-bond acceptors (Lipinski definition) is 8. The van der Waals surface area contributed by atoms with Gasteiger partial charge in [-0.3, -0.25) is 20.3 Å². The molecule has 1 aliphatic rings. The van der Waals surface area contributed by atoms with Crippen molar-refractivity contribution in [3.8, 4) is 0 Å². The van der Waals surface area contributed by atoms with Crippen LogP contribution in [0.3, 0.4) is 0 Å². The summed E-state index contributed by atoms with van der Waals surface area (Å²) in [5.41, 5.74) is 4.62. The Kier molecular flexibility index (Phi) is 6.66. The van der Waals surface area contributed by atoms with Crippen molar-refractivity contribution < 1.29 is 14.5 Å². The number of nitro benzene ring substituents is 1. The number of anilines is 1. The summed E-state index contributed by atoms with van der Waals surface area (Å²) in [5.74, 6) is 0.692. The summed E-state index contributed by atoms with van der Waals surface area (Å²) >= 11 is 1.44. The lowest BCUT2D eigenvalue weighted by Crippen LogP contribution is -2.37. The average Bonchev–Trinajstić information content (AvgIpc) is 3.17. The van der Waals surface area contributed by atoms with E-state index >= 15 is 0 Å². The standard InChI is InChI=1S/C21H22N6O4S/c1-15-22-23-21(32-14-16-5-3-2-4-6-16)26(15)24-20(28)18-13-17(27(29)30)7-8-19(18)25-9-11-31-12-10-25/h2-8,13H,9-12,14H2,1H3,(H,24,28). The maximum absolute atomic E-state index is 13.3. The van der Waals surface area contributed by atoms with Gasteiger partial charge in [0.05, 0.1) is 29.4 Å². The molecule has 32 heavy (non-hydrogen) atoms. The number of hydrogen-bond donors (Lipinski definition) is 1. The maximum Gasteiger partial charge on any atom is 0.272 e. The third kappa shape index (κ3) is 4.89. The number of nitrogens with zero attached hydrogens (tertiary/aromatic N) is 5. The van der Waals surface area contributed by atoms with Gasteiger partial charge in [-0.1, -0.05) is 42.1 Å². The monoisotopic (exact) mass is 454 g/mol. The molecular weight excluding hydrogens is 432 g/mol. The van der Waals surface area contributed by atoms with Gasteiger partial charge < -0.3 is 9.64 Å². The molecular formula is C21H22N6O4S. The highest BCUT2D eigenvalue weighted by molar-refractivity contribution is 7.98. The van der Waals surface area contributed by atoms with Crippen molar-refractivity contribution in [2.45, 2.75) is 17.8 Å². The van der Waals surface area contributed by atoms with Crippen molar-refractivity contribution in [2.75, 3.05) is 36.6 Å². The van der Waals surface area contributed by atoms with E-state index in [0.717, 1.165) is 5.56 Å². The van der Waals surface area contributed by atoms with Crippen molar-refractivity contribution in [2.24, 2.45) is 0 Å². The first-order valence-electron chi connectivity index (χ1n) is 10.0. The third-order valence-corrected chi connectivity index (χ3v) is 6.01. The van der Waals surface area contributed by atoms with Gasteiger partial charge in [0, 0.05) is 31.0 Å². The van der Waals surface area contributed by atoms with E-state index < -0.39 is 10.8 Å². The fourth-order valence-corrected chi connectivity index (χ4v) is 4.24. The minimum Gasteiger partial charge on any atom is -0.378 e. The van der Waals surface area contributed by atoms with E-state index in [1.54, 1.807) is 13.0 Å². The zero-order chi connectivity index (χ0) is 22.5. The zero-order valence-electron chi connectivity index (χ0n) is 17.4. The molecule has 1 aromatic heterocycles. The molecule has 0 unspecified atom stereocenters. The molecule has 1 aliphatic heterocycles. The van der Waals surface area contributed by atoms with E-state index in [1.165, 1.54) is 28.6 Å². The number of nitrogens with one attached hydrogen (secondary N) is 1. The second kappa shape index (κ2) is 9.79. The molecule has 1 saturated heterocycles. The molecule has 1 N–H and O–H groups in total. The molecule has 10 nitrogen and oxygen atoms in total. The van der Waals surface area contributed by atoms with Crippen molar-refractivity contribution in [3.05, 3.63) is 75.6 Å². The fourth-order valence-electron chi connectivity index (χ4n) is 3.35. The lowest BCUT2D eigenvalue weighted by molar-refractivity contribution is -0.384. The first kappa shape index (κ1) is 21.8. The van der Waals surface area contributed by atoms with Crippen LogP contribution >= 0.6 is 11.8 Å². The van der Waals surface area contributed by atoms with Gasteiger partial charge >= 0.3 is 0 Å². The summed E-state index contributed by atoms with van der Waals surface area (Å²) in [4.78, 5) is 26.1. The van der Waals surface area contributed by atoms with Crippen LogP contribution in [0, 0.1) is 17.0 Å². The van der Waals surface area contributed by atoms with Gasteiger partial charge in [0.1, 0.15) is 5.82 Å². The summed E-state index contributed by atoms with van der Waals surface area (Å²) in [7, 11) is 0. The van der Waals surface area contributed by atoms with Crippen LogP contribution < -0.4 is 10.3 Å². The molecule has 0 radical (unpaired) electrons. The van der Waals surface area contributed by atoms with Gasteiger partial charge in [-0.15, -0.1) is 10.2 Å². The lowest BCUT2D eigenvalue weighted by atomic mass is 10.1. The Morgan fingerprint density at radius 1 is 1.19 bits per heavy atom. The van der Waals surface area contributed by atoms with Crippen LogP contribution in [0.4, 0.5) is 11.4 Å². The topological polar surface area (TPSA) is 115 Å². The molecule has 0 aliphatic carbocycles. The summed E-state index contributed by atoms with van der Waals surface area (Å²) in [6.45, 7) is 3.99. The van der Waals surface area contributed by atoms with Crippen molar-refractivity contribution >= 4 is 29.0 Å². The number of benzene rings is 2. The van der Waals surface area contributed by atoms with Crippen LogP contribution in [0.15, 0.2) is 53.7 Å². The van der Waals surface area contributed by atoms with E-state index in [1.807, 2.05) is 35.2 Å². The highest BCUT2D eigenvalue weighted by Gasteiger charge is 2.23. The van der Waals surface area contributed by atoms with Gasteiger partial charge in [-0.25, -0.2) is 4.68 Å². The van der Waals surface area contributed by atoms with Gasteiger partial charge in [0.2, 0.25) is 5.16 Å². The normalized spacial score (nSPS) is 13.7. The Morgan fingerprint density at radius 2 is 1.94 bits per heavy atom. The smallest absolute Gasteiger partial charge is 0.272 e. The molecule has 2 aromatic carbocycles. The Hall–Kier alpha value is -3.44. The van der Waals surface area contributed by atoms with Crippen LogP contribution in [-0.2, 0) is 10.5 Å². The number of aromatic nitrogens is 3. The Bertz CT molecular complexity index is 1110. The Labute approximate surface area is 188 Å². The molecule has 0 atom stereocenters. The number of aryl methyl sites for hydroxylation is 1. The second-order valence-corrected chi connectivity index (χ2v) is 8.08. The van der Waals surface area contributed by atoms with Crippen molar-refractivity contribution in [1.29, 1.82) is 0 Å². The minimum atomic E-state index is -0.509. The molecule has 1 amide bonds. The highest BCUT2D eigenvalue weighted by Crippen LogP contribution is 2.27. The Balaban J connectivity index is 1.59. The number of morpholine rings is 1. The first-order chi connectivity index (χ1) is 15.5. The van der Waals surface area contributed by atoms with Crippen LogP contribution in [-0.4, -0.2) is 52.0 Å². The number of rotatable bonds is 7. The van der Waals surface area contributed by atoms with E-state index in [9.17, 15) is 14.9 Å². The maximum atomic E-state index is 13.3. The first-order valence-corrected chi connectivity index (χ1v) is 11.0. The molecule has 1 fully saturated rings. The number of amides is 1. The largest absolute Gasteiger partial charge is 0.378 e. The summed E-state index contributed by atoms with van der Waals surface area (Å²) in [6, 6.07) is 14.2. The van der Waals surface area contributed by atoms with E-state index in [2.05, 4.69) is 15.6 Å². The number of carbonyl (C=O) groups excluding carboxylic acids is 1. The summed E-state index contributed by atoms with van der Waals surface area (Å²) in [6.07, 6.45) is 0. The van der Waals surface area contributed by atoms with Crippen LogP contribution in [0.5, 0.6) is 0 Å². The van der Waals surface area contributed by atoms with Gasteiger partial charge in [-0.2, -0.15) is 0 Å². The zero-order valence-corrected chi connectivity index (χ0v) is 18.2. The van der Waals surface area contributed by atoms with Gasteiger partial charge in [0.15, 0.2) is 0 Å². The molecule has 4 rings (SSSR count). The molecule has 3 aromatic rings. The third-order valence-electron chi connectivity index (χ3n) is 5.01. The second-order valence-electron chi connectivity index (χ2n) is 7.14. The molecule has 11 heteroatoms. The van der Waals surface area contributed by atoms with Crippen molar-refractivity contribution in [3.63, 3.8) is 0 Å². The van der Waals surface area contributed by atoms with Gasteiger partial charge in [-0.05, 0) is 18.6 Å². The number of non-ortho nitro benzene ring substituents is 1. The SMILES string of the molecule is Cc1nnc(SCc2ccccc2)n1NC(=O)c1cc([N+](=O)[O-])ccc1N1CCOCC1. The summed E-state index contributed by atoms with van der Waals surface area (Å²) in [5, 5.41) is 20.1. The van der Waals surface area contributed by atoms with Crippen LogP contribution in [0.25, 0.3) is 0 Å². The van der Waals surface area contributed by atoms with Crippen LogP contribution in [0.2, 0.25) is 0 Å². The fraction of sp³-hybridized carbons (Fsp3) is 0.286.